The Kier molecular flexibility index (Phi) is 4.15. The van der Waals surface area contributed by atoms with Gasteiger partial charge in [-0.2, -0.15) is 0 Å². The van der Waals surface area contributed by atoms with E-state index in [-0.39, 0.29) is 6.54 Å². The van der Waals surface area contributed by atoms with Crippen LogP contribution in [0.1, 0.15) is 0 Å². The summed E-state index contributed by atoms with van der Waals surface area (Å²) in [5, 5.41) is 14.0. The van der Waals surface area contributed by atoms with Crippen molar-refractivity contribution in [1.29, 1.82) is 0 Å². The van der Waals surface area contributed by atoms with Crippen molar-refractivity contribution >= 4 is 23.5 Å². The molecule has 3 heterocycles. The Labute approximate surface area is 153 Å². The monoisotopic (exact) mass is 368 g/mol. The van der Waals surface area contributed by atoms with Crippen molar-refractivity contribution in [2.75, 3.05) is 16.8 Å². The van der Waals surface area contributed by atoms with Gasteiger partial charge in [0.15, 0.2) is 0 Å². The highest BCUT2D eigenvalue weighted by molar-refractivity contribution is 5.90. The second-order valence-corrected chi connectivity index (χ2v) is 5.96. The van der Waals surface area contributed by atoms with Crippen LogP contribution in [0.25, 0.3) is 11.1 Å². The van der Waals surface area contributed by atoms with Gasteiger partial charge < -0.3 is 10.1 Å². The fourth-order valence-corrected chi connectivity index (χ4v) is 2.72. The summed E-state index contributed by atoms with van der Waals surface area (Å²) in [5.41, 5.74) is 1.39. The number of carbonyl (C=O) groups excluding carboxylic acids is 1. The Bertz CT molecular complexity index is 989. The summed E-state index contributed by atoms with van der Waals surface area (Å²) in [6.07, 6.45) is 0.548. The maximum atomic E-state index is 14.6. The first-order valence-corrected chi connectivity index (χ1v) is 8.08. The standard InChI is InChI=1S/C17H15FN7O2/c1-10-9-25(17(26)27-10)12-4-5-13(14(18)7-12)11-3-6-15(19-8-11)20-16-21-22-23-24(16)2/h3-8,10H,1,9H2,2H3,(H,19,20,21,23)/t10-/m1/s1. The van der Waals surface area contributed by atoms with Gasteiger partial charge in [-0.25, -0.2) is 18.9 Å². The summed E-state index contributed by atoms with van der Waals surface area (Å²) in [5.74, 6) is 0.495. The quantitative estimate of drug-likeness (QED) is 0.754. The molecule has 1 fully saturated rings. The van der Waals surface area contributed by atoms with Crippen molar-refractivity contribution in [2.45, 2.75) is 6.10 Å². The molecule has 137 valence electrons. The lowest BCUT2D eigenvalue weighted by atomic mass is 10.1. The summed E-state index contributed by atoms with van der Waals surface area (Å²) in [6.45, 7) is 3.97. The fourth-order valence-electron chi connectivity index (χ4n) is 2.72. The highest BCUT2D eigenvalue weighted by Gasteiger charge is 2.29. The van der Waals surface area contributed by atoms with E-state index in [1.807, 2.05) is 0 Å². The van der Waals surface area contributed by atoms with Gasteiger partial charge in [0.1, 0.15) is 17.7 Å². The summed E-state index contributed by atoms with van der Waals surface area (Å²) in [4.78, 5) is 17.4. The zero-order valence-electron chi connectivity index (χ0n) is 14.3. The number of ether oxygens (including phenoxy) is 1. The van der Waals surface area contributed by atoms with Crippen LogP contribution in [-0.2, 0) is 11.8 Å². The van der Waals surface area contributed by atoms with E-state index in [4.69, 9.17) is 4.74 Å². The first-order chi connectivity index (χ1) is 13.0. The maximum Gasteiger partial charge on any atom is 0.414 e. The third kappa shape index (κ3) is 3.28. The van der Waals surface area contributed by atoms with E-state index in [9.17, 15) is 9.18 Å². The number of tetrazole rings is 1. The number of benzene rings is 1. The normalized spacial score (nSPS) is 16.5. The zero-order chi connectivity index (χ0) is 19.0. The molecule has 9 nitrogen and oxygen atoms in total. The summed E-state index contributed by atoms with van der Waals surface area (Å²) < 4.78 is 21.0. The van der Waals surface area contributed by atoms with Gasteiger partial charge in [0.05, 0.1) is 12.2 Å². The maximum absolute atomic E-state index is 14.6. The molecule has 1 radical (unpaired) electrons. The topological polar surface area (TPSA) is 98.1 Å². The molecule has 0 aliphatic carbocycles. The minimum atomic E-state index is -0.530. The molecule has 1 atom stereocenters. The molecule has 27 heavy (non-hydrogen) atoms. The van der Waals surface area contributed by atoms with Crippen LogP contribution in [0.5, 0.6) is 0 Å². The van der Waals surface area contributed by atoms with Crippen molar-refractivity contribution in [3.63, 3.8) is 0 Å². The highest BCUT2D eigenvalue weighted by Crippen LogP contribution is 2.29. The molecular formula is C17H15FN7O2. The molecule has 1 aliphatic heterocycles. The van der Waals surface area contributed by atoms with Gasteiger partial charge in [0, 0.05) is 24.4 Å². The minimum Gasteiger partial charge on any atom is -0.444 e. The number of aryl methyl sites for hydroxylation is 1. The van der Waals surface area contributed by atoms with Crippen LogP contribution >= 0.6 is 0 Å². The number of aromatic nitrogens is 5. The number of hydrogen-bond acceptors (Lipinski definition) is 7. The van der Waals surface area contributed by atoms with E-state index in [0.717, 1.165) is 0 Å². The molecule has 3 aromatic rings. The van der Waals surface area contributed by atoms with Crippen molar-refractivity contribution < 1.29 is 13.9 Å². The van der Waals surface area contributed by atoms with Gasteiger partial charge >= 0.3 is 6.09 Å². The smallest absolute Gasteiger partial charge is 0.414 e. The molecule has 0 unspecified atom stereocenters. The number of carbonyl (C=O) groups is 1. The van der Waals surface area contributed by atoms with Crippen molar-refractivity contribution in [3.8, 4) is 11.1 Å². The lowest BCUT2D eigenvalue weighted by Crippen LogP contribution is -2.24. The van der Waals surface area contributed by atoms with E-state index in [0.29, 0.717) is 28.6 Å². The fraction of sp³-hybridized carbons (Fsp3) is 0.176. The number of hydrogen-bond donors (Lipinski definition) is 1. The first kappa shape index (κ1) is 16.9. The number of halogens is 1. The second kappa shape index (κ2) is 6.63. The Morgan fingerprint density at radius 3 is 2.78 bits per heavy atom. The van der Waals surface area contributed by atoms with Gasteiger partial charge in [-0.3, -0.25) is 4.90 Å². The molecule has 1 saturated heterocycles. The first-order valence-electron chi connectivity index (χ1n) is 8.08. The van der Waals surface area contributed by atoms with Crippen molar-refractivity contribution in [1.82, 2.24) is 25.2 Å². The zero-order valence-corrected chi connectivity index (χ0v) is 14.3. The van der Waals surface area contributed by atoms with Gasteiger partial charge in [-0.05, 0) is 47.7 Å². The van der Waals surface area contributed by atoms with Crippen molar-refractivity contribution in [2.24, 2.45) is 7.05 Å². The molecule has 0 bridgehead atoms. The van der Waals surface area contributed by atoms with Crippen LogP contribution in [0.2, 0.25) is 0 Å². The number of nitrogens with one attached hydrogen (secondary N) is 1. The summed E-state index contributed by atoms with van der Waals surface area (Å²) >= 11 is 0. The average molecular weight is 368 g/mol. The van der Waals surface area contributed by atoms with E-state index in [1.165, 1.54) is 15.6 Å². The van der Waals surface area contributed by atoms with E-state index < -0.39 is 18.0 Å². The number of cyclic esters (lactones) is 1. The predicted octanol–water partition coefficient (Wildman–Crippen LogP) is 2.31. The van der Waals surface area contributed by atoms with Gasteiger partial charge in [-0.1, -0.05) is 5.10 Å². The van der Waals surface area contributed by atoms with Gasteiger partial charge in [0.25, 0.3) is 0 Å². The number of anilines is 3. The number of rotatable bonds is 4. The Hall–Kier alpha value is -3.56. The van der Waals surface area contributed by atoms with Crippen LogP contribution < -0.4 is 10.2 Å². The predicted molar refractivity (Wildman–Crippen MR) is 94.7 cm³/mol. The SMILES string of the molecule is [CH2][C@@H]1CN(c2ccc(-c3ccc(Nc4nnnn4C)nc3)c(F)c2)C(=O)O1. The third-order valence-electron chi connectivity index (χ3n) is 4.07. The lowest BCUT2D eigenvalue weighted by molar-refractivity contribution is 0.159. The van der Waals surface area contributed by atoms with E-state index in [1.54, 1.807) is 37.5 Å². The van der Waals surface area contributed by atoms with Crippen LogP contribution in [0.4, 0.5) is 26.6 Å². The van der Waals surface area contributed by atoms with Crippen molar-refractivity contribution in [3.05, 3.63) is 49.3 Å². The molecule has 1 aliphatic rings. The van der Waals surface area contributed by atoms with Crippen LogP contribution in [0.3, 0.4) is 0 Å². The lowest BCUT2D eigenvalue weighted by Gasteiger charge is -2.14. The van der Waals surface area contributed by atoms with Gasteiger partial charge in [-0.15, -0.1) is 0 Å². The summed E-state index contributed by atoms with van der Waals surface area (Å²) in [6, 6.07) is 7.99. The molecule has 0 spiro atoms. The van der Waals surface area contributed by atoms with E-state index >= 15 is 0 Å². The minimum absolute atomic E-state index is 0.288. The Morgan fingerprint density at radius 1 is 1.33 bits per heavy atom. The number of pyridine rings is 1. The Balaban J connectivity index is 1.55. The molecule has 1 aromatic carbocycles. The average Bonchev–Trinajstić information content (AvgIpc) is 3.20. The molecule has 1 N–H and O–H groups in total. The largest absolute Gasteiger partial charge is 0.444 e. The molecule has 10 heteroatoms. The highest BCUT2D eigenvalue weighted by atomic mass is 19.1. The molecule has 2 aromatic heterocycles. The molecular weight excluding hydrogens is 353 g/mol. The second-order valence-electron chi connectivity index (χ2n) is 5.96. The molecule has 0 saturated carbocycles. The van der Waals surface area contributed by atoms with Crippen LogP contribution in [0.15, 0.2) is 36.5 Å². The number of amides is 1. The van der Waals surface area contributed by atoms with Crippen LogP contribution in [-0.4, -0.2) is 43.9 Å². The van der Waals surface area contributed by atoms with Gasteiger partial charge in [0.2, 0.25) is 5.95 Å². The van der Waals surface area contributed by atoms with E-state index in [2.05, 4.69) is 32.7 Å². The number of nitrogens with zero attached hydrogens (tertiary/aromatic N) is 6. The summed E-state index contributed by atoms with van der Waals surface area (Å²) in [7, 11) is 1.70. The molecule has 4 rings (SSSR count). The third-order valence-corrected chi connectivity index (χ3v) is 4.07. The Morgan fingerprint density at radius 2 is 2.19 bits per heavy atom. The molecule has 1 amide bonds. The van der Waals surface area contributed by atoms with Crippen LogP contribution in [0, 0.1) is 12.7 Å².